The molecule has 2 N–H and O–H groups in total. The monoisotopic (exact) mass is 272 g/mol. The van der Waals surface area contributed by atoms with E-state index in [0.717, 1.165) is 16.7 Å². The van der Waals surface area contributed by atoms with E-state index in [0.29, 0.717) is 16.7 Å². The molecule has 5 nitrogen and oxygen atoms in total. The van der Waals surface area contributed by atoms with E-state index >= 15 is 0 Å². The minimum Gasteiger partial charge on any atom is -0.492 e. The molecule has 3 heterocycles. The van der Waals surface area contributed by atoms with Crippen LogP contribution < -0.4 is 0 Å². The Bertz CT molecular complexity index is 702. The lowest BCUT2D eigenvalue weighted by atomic mass is 10.0. The number of aliphatic imine (C=N–C) groups is 1. The third-order valence-electron chi connectivity index (χ3n) is 3.03. The molecule has 2 aromatic rings. The summed E-state index contributed by atoms with van der Waals surface area (Å²) >= 11 is 1.45. The number of rotatable bonds is 2. The summed E-state index contributed by atoms with van der Waals surface area (Å²) in [6.07, 6.45) is 5.39. The van der Waals surface area contributed by atoms with E-state index in [1.54, 1.807) is 12.4 Å². The van der Waals surface area contributed by atoms with Crippen LogP contribution in [0.25, 0.3) is 11.1 Å². The topological polar surface area (TPSA) is 74.2 Å². The molecule has 0 spiro atoms. The highest BCUT2D eigenvalue weighted by Crippen LogP contribution is 2.36. The average molecular weight is 272 g/mol. The second-order valence-corrected chi connectivity index (χ2v) is 4.91. The number of hydrogen-bond donors (Lipinski definition) is 2. The van der Waals surface area contributed by atoms with Crippen molar-refractivity contribution in [1.29, 1.82) is 0 Å². The molecular weight excluding hydrogens is 260 g/mol. The lowest BCUT2D eigenvalue weighted by molar-refractivity contribution is 0.452. The molecule has 0 bridgehead atoms. The van der Waals surface area contributed by atoms with Gasteiger partial charge in [-0.2, -0.15) is 4.98 Å². The minimum absolute atomic E-state index is 0.0140. The van der Waals surface area contributed by atoms with Gasteiger partial charge in [0.15, 0.2) is 11.0 Å². The standard InChI is InChI=1S/C13H12N4OS/c1-7(10-12(18)17-13(16-10)19-2)9-6-15-11-8(9)4-3-5-14-11/h3-6,18H,1-2H3,(H,16,17)/b9-7+. The van der Waals surface area contributed by atoms with Crippen molar-refractivity contribution in [2.75, 3.05) is 6.26 Å². The lowest BCUT2D eigenvalue weighted by Crippen LogP contribution is -1.89. The van der Waals surface area contributed by atoms with E-state index < -0.39 is 0 Å². The zero-order valence-electron chi connectivity index (χ0n) is 10.5. The number of hydrogen-bond acceptors (Lipinski definition) is 5. The predicted octanol–water partition coefficient (Wildman–Crippen LogP) is 2.88. The van der Waals surface area contributed by atoms with Gasteiger partial charge in [-0.15, -0.1) is 0 Å². The highest BCUT2D eigenvalue weighted by molar-refractivity contribution is 7.98. The summed E-state index contributed by atoms with van der Waals surface area (Å²) in [5.41, 5.74) is 3.46. The van der Waals surface area contributed by atoms with Gasteiger partial charge in [0.25, 0.3) is 0 Å². The van der Waals surface area contributed by atoms with Crippen molar-refractivity contribution in [3.05, 3.63) is 29.6 Å². The summed E-state index contributed by atoms with van der Waals surface area (Å²) in [6.45, 7) is 1.93. The van der Waals surface area contributed by atoms with Crippen LogP contribution in [0.4, 0.5) is 5.82 Å². The number of nitrogens with zero attached hydrogens (tertiary/aromatic N) is 3. The molecule has 1 aliphatic rings. The first-order chi connectivity index (χ1) is 9.20. The fourth-order valence-corrected chi connectivity index (χ4v) is 2.42. The molecule has 0 aromatic carbocycles. The number of aromatic hydroxyl groups is 1. The van der Waals surface area contributed by atoms with Crippen molar-refractivity contribution in [3.8, 4) is 5.88 Å². The Hall–Kier alpha value is -2.08. The van der Waals surface area contributed by atoms with Crippen LogP contribution in [0.15, 0.2) is 28.5 Å². The smallest absolute Gasteiger partial charge is 0.238 e. The van der Waals surface area contributed by atoms with Gasteiger partial charge in [0.05, 0.1) is 0 Å². The first kappa shape index (κ1) is 12.0. The molecule has 0 saturated heterocycles. The number of nitrogens with one attached hydrogen (secondary N) is 1. The Morgan fingerprint density at radius 1 is 1.42 bits per heavy atom. The average Bonchev–Trinajstić information content (AvgIpc) is 3.01. The molecule has 0 amide bonds. The normalized spacial score (nSPS) is 15.7. The molecule has 0 atom stereocenters. The Kier molecular flexibility index (Phi) is 2.87. The maximum Gasteiger partial charge on any atom is 0.238 e. The molecule has 0 radical (unpaired) electrons. The summed E-state index contributed by atoms with van der Waals surface area (Å²) in [5, 5.41) is 10.6. The molecule has 19 heavy (non-hydrogen) atoms. The first-order valence-electron chi connectivity index (χ1n) is 5.74. The van der Waals surface area contributed by atoms with Gasteiger partial charge in [-0.05, 0) is 30.9 Å². The zero-order chi connectivity index (χ0) is 13.4. The van der Waals surface area contributed by atoms with Gasteiger partial charge in [-0.3, -0.25) is 0 Å². The summed E-state index contributed by atoms with van der Waals surface area (Å²) in [6, 6.07) is 3.85. The number of aromatic nitrogens is 3. The summed E-state index contributed by atoms with van der Waals surface area (Å²) in [5.74, 6) is 0.723. The maximum absolute atomic E-state index is 9.89. The highest BCUT2D eigenvalue weighted by Gasteiger charge is 2.19. The van der Waals surface area contributed by atoms with Crippen molar-refractivity contribution in [2.45, 2.75) is 12.1 Å². The van der Waals surface area contributed by atoms with E-state index in [1.807, 2.05) is 25.3 Å². The predicted molar refractivity (Wildman–Crippen MR) is 76.9 cm³/mol. The van der Waals surface area contributed by atoms with Crippen LogP contribution >= 0.6 is 11.8 Å². The Morgan fingerprint density at radius 2 is 2.26 bits per heavy atom. The van der Waals surface area contributed by atoms with Crippen LogP contribution in [0.3, 0.4) is 0 Å². The molecule has 0 unspecified atom stereocenters. The number of aromatic amines is 1. The molecule has 2 aromatic heterocycles. The van der Waals surface area contributed by atoms with Crippen molar-refractivity contribution in [2.24, 2.45) is 4.99 Å². The number of thioether (sulfide) groups is 1. The number of H-pyrrole nitrogens is 1. The SMILES string of the molecule is CSc1nc(O)c(/C(C)=C2\C=Nc3ncccc32)[nH]1. The number of imidazole rings is 1. The third-order valence-corrected chi connectivity index (χ3v) is 3.61. The fourth-order valence-electron chi connectivity index (χ4n) is 2.04. The molecular formula is C13H12N4OS. The molecule has 6 heteroatoms. The van der Waals surface area contributed by atoms with Crippen LogP contribution in [0.2, 0.25) is 0 Å². The molecule has 1 aliphatic heterocycles. The van der Waals surface area contributed by atoms with Gasteiger partial charge in [0.1, 0.15) is 5.69 Å². The van der Waals surface area contributed by atoms with Crippen LogP contribution in [0, 0.1) is 0 Å². The molecule has 3 rings (SSSR count). The van der Waals surface area contributed by atoms with Crippen LogP contribution in [0.1, 0.15) is 18.2 Å². The van der Waals surface area contributed by atoms with E-state index in [-0.39, 0.29) is 5.88 Å². The third kappa shape index (κ3) is 1.94. The van der Waals surface area contributed by atoms with Gasteiger partial charge in [0.2, 0.25) is 5.88 Å². The van der Waals surface area contributed by atoms with E-state index in [2.05, 4.69) is 19.9 Å². The van der Waals surface area contributed by atoms with Gasteiger partial charge in [-0.1, -0.05) is 11.8 Å². The zero-order valence-corrected chi connectivity index (χ0v) is 11.3. The minimum atomic E-state index is 0.0140. The highest BCUT2D eigenvalue weighted by atomic mass is 32.2. The Morgan fingerprint density at radius 3 is 3.00 bits per heavy atom. The second-order valence-electron chi connectivity index (χ2n) is 4.12. The summed E-state index contributed by atoms with van der Waals surface area (Å²) in [7, 11) is 0. The summed E-state index contributed by atoms with van der Waals surface area (Å²) < 4.78 is 0. The van der Waals surface area contributed by atoms with Gasteiger partial charge in [0, 0.05) is 23.5 Å². The molecule has 0 fully saturated rings. The Balaban J connectivity index is 2.14. The number of fused-ring (bicyclic) bond motifs is 1. The van der Waals surface area contributed by atoms with Crippen molar-refractivity contribution >= 4 is 34.9 Å². The van der Waals surface area contributed by atoms with Gasteiger partial charge in [-0.25, -0.2) is 9.98 Å². The summed E-state index contributed by atoms with van der Waals surface area (Å²) in [4.78, 5) is 15.6. The number of pyridine rings is 1. The van der Waals surface area contributed by atoms with E-state index in [4.69, 9.17) is 0 Å². The second kappa shape index (κ2) is 4.55. The van der Waals surface area contributed by atoms with Gasteiger partial charge >= 0.3 is 0 Å². The van der Waals surface area contributed by atoms with Crippen molar-refractivity contribution in [1.82, 2.24) is 15.0 Å². The maximum atomic E-state index is 9.89. The van der Waals surface area contributed by atoms with Crippen LogP contribution in [-0.2, 0) is 0 Å². The lowest BCUT2D eigenvalue weighted by Gasteiger charge is -2.04. The van der Waals surface area contributed by atoms with Crippen LogP contribution in [-0.4, -0.2) is 32.5 Å². The van der Waals surface area contributed by atoms with E-state index in [1.165, 1.54) is 11.8 Å². The van der Waals surface area contributed by atoms with Crippen LogP contribution in [0.5, 0.6) is 5.88 Å². The molecule has 0 saturated carbocycles. The van der Waals surface area contributed by atoms with Crippen molar-refractivity contribution in [3.63, 3.8) is 0 Å². The largest absolute Gasteiger partial charge is 0.492 e. The van der Waals surface area contributed by atoms with Gasteiger partial charge < -0.3 is 10.1 Å². The van der Waals surface area contributed by atoms with E-state index in [9.17, 15) is 5.11 Å². The molecule has 0 aliphatic carbocycles. The quantitative estimate of drug-likeness (QED) is 0.824. The first-order valence-corrected chi connectivity index (χ1v) is 6.97. The Labute approximate surface area is 114 Å². The van der Waals surface area contributed by atoms with Crippen molar-refractivity contribution < 1.29 is 5.11 Å². The number of allylic oxidation sites excluding steroid dienone is 2. The molecule has 96 valence electrons. The fraction of sp³-hybridized carbons (Fsp3) is 0.154.